The smallest absolute Gasteiger partial charge is 0.322 e. The van der Waals surface area contributed by atoms with Gasteiger partial charge in [-0.2, -0.15) is 0 Å². The van der Waals surface area contributed by atoms with Crippen molar-refractivity contribution >= 4 is 16.0 Å². The predicted molar refractivity (Wildman–Crippen MR) is 69.8 cm³/mol. The lowest BCUT2D eigenvalue weighted by atomic mass is 9.88. The Morgan fingerprint density at radius 1 is 1.22 bits per heavy atom. The van der Waals surface area contributed by atoms with Crippen LogP contribution in [0.25, 0.3) is 0 Å². The summed E-state index contributed by atoms with van der Waals surface area (Å²) in [7, 11) is -3.54. The Balaban J connectivity index is 2.82. The molecule has 0 radical (unpaired) electrons. The molecule has 1 rings (SSSR count). The Hall–Kier alpha value is -0.620. The first-order valence-corrected chi connectivity index (χ1v) is 7.93. The summed E-state index contributed by atoms with van der Waals surface area (Å²) in [5.74, 6) is -1.12. The largest absolute Gasteiger partial charge is 0.480 e. The number of nitrogens with one attached hydrogen (secondary N) is 1. The zero-order chi connectivity index (χ0) is 14.0. The van der Waals surface area contributed by atoms with E-state index in [4.69, 9.17) is 5.11 Å². The van der Waals surface area contributed by atoms with Gasteiger partial charge in [0.15, 0.2) is 0 Å². The van der Waals surface area contributed by atoms with Crippen LogP contribution in [0.1, 0.15) is 52.9 Å². The van der Waals surface area contributed by atoms with Crippen LogP contribution in [-0.4, -0.2) is 30.8 Å². The molecule has 18 heavy (non-hydrogen) atoms. The molecule has 1 saturated carbocycles. The fourth-order valence-electron chi connectivity index (χ4n) is 2.23. The molecule has 0 spiro atoms. The van der Waals surface area contributed by atoms with E-state index in [9.17, 15) is 13.2 Å². The van der Waals surface area contributed by atoms with E-state index >= 15 is 0 Å². The predicted octanol–water partition coefficient (Wildman–Crippen LogP) is 1.74. The first-order chi connectivity index (χ1) is 8.14. The third-order valence-corrected chi connectivity index (χ3v) is 5.30. The fraction of sp³-hybridized carbons (Fsp3) is 0.917. The molecule has 0 aromatic heterocycles. The van der Waals surface area contributed by atoms with E-state index < -0.39 is 32.7 Å². The molecule has 0 aromatic carbocycles. The molecule has 5 nitrogen and oxygen atoms in total. The van der Waals surface area contributed by atoms with Crippen molar-refractivity contribution in [2.45, 2.75) is 64.2 Å². The molecule has 1 aliphatic carbocycles. The third kappa shape index (κ3) is 3.95. The summed E-state index contributed by atoms with van der Waals surface area (Å²) >= 11 is 0. The minimum Gasteiger partial charge on any atom is -0.480 e. The van der Waals surface area contributed by atoms with Gasteiger partial charge in [0.25, 0.3) is 0 Å². The van der Waals surface area contributed by atoms with Crippen LogP contribution in [0, 0.1) is 5.41 Å². The average molecular weight is 277 g/mol. The molecule has 1 fully saturated rings. The highest BCUT2D eigenvalue weighted by atomic mass is 32.2. The molecular formula is C12H23NO4S. The highest BCUT2D eigenvalue weighted by Crippen LogP contribution is 2.26. The van der Waals surface area contributed by atoms with Gasteiger partial charge in [-0.05, 0) is 18.3 Å². The van der Waals surface area contributed by atoms with E-state index in [1.165, 1.54) is 0 Å². The fourth-order valence-corrected chi connectivity index (χ4v) is 4.16. The molecule has 0 amide bonds. The molecule has 1 atom stereocenters. The standard InChI is InChI=1S/C12H23NO4S/c1-12(2,3)10(11(14)15)13-18(16,17)9-7-5-4-6-8-9/h9-10,13H,4-8H2,1-3H3,(H,14,15)/t10-/m0/s1. The van der Waals surface area contributed by atoms with E-state index in [0.29, 0.717) is 12.8 Å². The van der Waals surface area contributed by atoms with Gasteiger partial charge in [-0.1, -0.05) is 40.0 Å². The maximum Gasteiger partial charge on any atom is 0.322 e. The first kappa shape index (κ1) is 15.4. The lowest BCUT2D eigenvalue weighted by Gasteiger charge is -2.30. The summed E-state index contributed by atoms with van der Waals surface area (Å²) in [5, 5.41) is 8.71. The molecular weight excluding hydrogens is 254 g/mol. The Morgan fingerprint density at radius 3 is 2.11 bits per heavy atom. The second-order valence-corrected chi connectivity index (χ2v) is 8.05. The molecule has 6 heteroatoms. The van der Waals surface area contributed by atoms with Crippen LogP contribution in [0.2, 0.25) is 0 Å². The molecule has 0 aliphatic heterocycles. The number of sulfonamides is 1. The van der Waals surface area contributed by atoms with Crippen molar-refractivity contribution in [3.63, 3.8) is 0 Å². The highest BCUT2D eigenvalue weighted by Gasteiger charge is 2.37. The van der Waals surface area contributed by atoms with Crippen LogP contribution in [0.15, 0.2) is 0 Å². The van der Waals surface area contributed by atoms with Crippen molar-refractivity contribution in [2.24, 2.45) is 5.41 Å². The average Bonchev–Trinajstić information content (AvgIpc) is 2.25. The van der Waals surface area contributed by atoms with Crippen molar-refractivity contribution in [3.8, 4) is 0 Å². The van der Waals surface area contributed by atoms with Crippen LogP contribution < -0.4 is 4.72 Å². The summed E-state index contributed by atoms with van der Waals surface area (Å²) in [4.78, 5) is 11.2. The summed E-state index contributed by atoms with van der Waals surface area (Å²) in [6, 6.07) is -1.08. The number of rotatable bonds is 4. The monoisotopic (exact) mass is 277 g/mol. The number of aliphatic carboxylic acids is 1. The third-order valence-electron chi connectivity index (χ3n) is 3.39. The number of hydrogen-bond acceptors (Lipinski definition) is 3. The van der Waals surface area contributed by atoms with Crippen LogP contribution >= 0.6 is 0 Å². The number of carboxylic acid groups (broad SMARTS) is 1. The molecule has 0 saturated heterocycles. The van der Waals surface area contributed by atoms with Crippen molar-refractivity contribution in [2.75, 3.05) is 0 Å². The maximum atomic E-state index is 12.2. The van der Waals surface area contributed by atoms with Gasteiger partial charge < -0.3 is 5.11 Å². The molecule has 0 unspecified atom stereocenters. The summed E-state index contributed by atoms with van der Waals surface area (Å²) in [6.07, 6.45) is 4.13. The summed E-state index contributed by atoms with van der Waals surface area (Å²) in [5.41, 5.74) is -0.645. The van der Waals surface area contributed by atoms with E-state index in [-0.39, 0.29) is 0 Å². The minimum atomic E-state index is -3.54. The highest BCUT2D eigenvalue weighted by molar-refractivity contribution is 7.90. The normalized spacial score (nSPS) is 20.6. The van der Waals surface area contributed by atoms with Crippen LogP contribution in [0.4, 0.5) is 0 Å². The molecule has 0 aromatic rings. The van der Waals surface area contributed by atoms with Gasteiger partial charge in [-0.3, -0.25) is 4.79 Å². The molecule has 0 heterocycles. The number of carboxylic acids is 1. The lowest BCUT2D eigenvalue weighted by Crippen LogP contribution is -2.51. The number of carbonyl (C=O) groups is 1. The van der Waals surface area contributed by atoms with Gasteiger partial charge >= 0.3 is 5.97 Å². The van der Waals surface area contributed by atoms with E-state index in [1.807, 2.05) is 0 Å². The van der Waals surface area contributed by atoms with Crippen molar-refractivity contribution in [1.82, 2.24) is 4.72 Å². The first-order valence-electron chi connectivity index (χ1n) is 6.38. The zero-order valence-electron chi connectivity index (χ0n) is 11.3. The number of hydrogen-bond donors (Lipinski definition) is 2. The molecule has 106 valence electrons. The van der Waals surface area contributed by atoms with Crippen LogP contribution in [0.3, 0.4) is 0 Å². The van der Waals surface area contributed by atoms with E-state index in [1.54, 1.807) is 20.8 Å². The quantitative estimate of drug-likeness (QED) is 0.820. The van der Waals surface area contributed by atoms with E-state index in [0.717, 1.165) is 19.3 Å². The van der Waals surface area contributed by atoms with Gasteiger partial charge in [0.05, 0.1) is 5.25 Å². The van der Waals surface area contributed by atoms with Crippen LogP contribution in [0.5, 0.6) is 0 Å². The Labute approximate surface area is 109 Å². The van der Waals surface area contributed by atoms with Gasteiger partial charge in [-0.25, -0.2) is 13.1 Å². The van der Waals surface area contributed by atoms with Crippen molar-refractivity contribution < 1.29 is 18.3 Å². The lowest BCUT2D eigenvalue weighted by molar-refractivity contribution is -0.141. The Morgan fingerprint density at radius 2 is 1.72 bits per heavy atom. The topological polar surface area (TPSA) is 83.5 Å². The van der Waals surface area contributed by atoms with Gasteiger partial charge in [0.2, 0.25) is 10.0 Å². The van der Waals surface area contributed by atoms with Gasteiger partial charge in [-0.15, -0.1) is 0 Å². The second-order valence-electron chi connectivity index (χ2n) is 6.06. The Bertz CT molecular complexity index is 391. The van der Waals surface area contributed by atoms with Gasteiger partial charge in [0.1, 0.15) is 6.04 Å². The van der Waals surface area contributed by atoms with Crippen molar-refractivity contribution in [3.05, 3.63) is 0 Å². The van der Waals surface area contributed by atoms with Crippen molar-refractivity contribution in [1.29, 1.82) is 0 Å². The Kier molecular flexibility index (Phi) is 4.78. The van der Waals surface area contributed by atoms with Gasteiger partial charge in [0, 0.05) is 0 Å². The molecule has 1 aliphatic rings. The van der Waals surface area contributed by atoms with E-state index in [2.05, 4.69) is 4.72 Å². The summed E-state index contributed by atoms with van der Waals surface area (Å²) < 4.78 is 26.7. The molecule has 0 bridgehead atoms. The minimum absolute atomic E-state index is 0.435. The SMILES string of the molecule is CC(C)(C)[C@@H](NS(=O)(=O)C1CCCCC1)C(=O)O. The zero-order valence-corrected chi connectivity index (χ0v) is 12.1. The maximum absolute atomic E-state index is 12.2. The molecule has 2 N–H and O–H groups in total. The van der Waals surface area contributed by atoms with Crippen LogP contribution in [-0.2, 0) is 14.8 Å². The second kappa shape index (κ2) is 5.57. The summed E-state index contributed by atoms with van der Waals surface area (Å²) in [6.45, 7) is 5.15.